The lowest BCUT2D eigenvalue weighted by molar-refractivity contribution is -0.274. The molecule has 0 heterocycles. The molecule has 0 aromatic heterocycles. The highest BCUT2D eigenvalue weighted by Gasteiger charge is 2.30. The van der Waals surface area contributed by atoms with Crippen molar-refractivity contribution in [2.24, 2.45) is 0 Å². The molecular formula is C23H18F4O. The lowest BCUT2D eigenvalue weighted by Gasteiger charge is -2.08. The van der Waals surface area contributed by atoms with Crippen molar-refractivity contribution in [3.05, 3.63) is 77.1 Å². The lowest BCUT2D eigenvalue weighted by Crippen LogP contribution is -2.16. The predicted molar refractivity (Wildman–Crippen MR) is 102 cm³/mol. The summed E-state index contributed by atoms with van der Waals surface area (Å²) in [5.41, 5.74) is 1.88. The summed E-state index contributed by atoms with van der Waals surface area (Å²) in [5.74, 6) is 4.79. The molecule has 0 saturated heterocycles. The van der Waals surface area contributed by atoms with Crippen LogP contribution in [-0.4, -0.2) is 6.36 Å². The van der Waals surface area contributed by atoms with Gasteiger partial charge in [0.2, 0.25) is 0 Å². The zero-order valence-electron chi connectivity index (χ0n) is 15.2. The first-order valence-corrected chi connectivity index (χ1v) is 8.94. The molecule has 28 heavy (non-hydrogen) atoms. The minimum atomic E-state index is -4.74. The third-order valence-corrected chi connectivity index (χ3v) is 4.27. The summed E-state index contributed by atoms with van der Waals surface area (Å²) in [5, 5.41) is 1.33. The molecule has 144 valence electrons. The van der Waals surface area contributed by atoms with Crippen molar-refractivity contribution in [1.29, 1.82) is 0 Å². The number of fused-ring (bicyclic) bond motifs is 1. The fourth-order valence-electron chi connectivity index (χ4n) is 2.85. The average Bonchev–Trinajstić information content (AvgIpc) is 2.66. The molecular weight excluding hydrogens is 368 g/mol. The van der Waals surface area contributed by atoms with Crippen LogP contribution in [0.3, 0.4) is 0 Å². The van der Waals surface area contributed by atoms with Crippen molar-refractivity contribution in [3.8, 4) is 17.6 Å². The van der Waals surface area contributed by atoms with Gasteiger partial charge in [-0.25, -0.2) is 4.39 Å². The van der Waals surface area contributed by atoms with Gasteiger partial charge in [-0.05, 0) is 54.1 Å². The van der Waals surface area contributed by atoms with Crippen LogP contribution >= 0.6 is 0 Å². The predicted octanol–water partition coefficient (Wildman–Crippen LogP) is 6.62. The Hall–Kier alpha value is -3.00. The SMILES string of the molecule is CCCCc1ccc2c(F)c(C#Cc3ccc(OC(F)(F)F)cc3)ccc2c1. The van der Waals surface area contributed by atoms with E-state index in [1.165, 1.54) is 29.8 Å². The Morgan fingerprint density at radius 2 is 1.68 bits per heavy atom. The number of benzene rings is 3. The van der Waals surface area contributed by atoms with E-state index in [1.807, 2.05) is 18.2 Å². The van der Waals surface area contributed by atoms with E-state index in [2.05, 4.69) is 23.5 Å². The van der Waals surface area contributed by atoms with Gasteiger partial charge in [0.05, 0.1) is 5.56 Å². The van der Waals surface area contributed by atoms with Crippen molar-refractivity contribution < 1.29 is 22.3 Å². The topological polar surface area (TPSA) is 9.23 Å². The van der Waals surface area contributed by atoms with E-state index in [1.54, 1.807) is 12.1 Å². The van der Waals surface area contributed by atoms with Gasteiger partial charge in [0.1, 0.15) is 11.6 Å². The van der Waals surface area contributed by atoms with Crippen molar-refractivity contribution >= 4 is 10.8 Å². The Kier molecular flexibility index (Phi) is 5.89. The first-order chi connectivity index (χ1) is 13.4. The monoisotopic (exact) mass is 386 g/mol. The van der Waals surface area contributed by atoms with Gasteiger partial charge in [0.15, 0.2) is 0 Å². The highest BCUT2D eigenvalue weighted by Crippen LogP contribution is 2.24. The normalized spacial score (nSPS) is 11.2. The minimum Gasteiger partial charge on any atom is -0.406 e. The van der Waals surface area contributed by atoms with Crippen LogP contribution in [0.5, 0.6) is 5.75 Å². The summed E-state index contributed by atoms with van der Waals surface area (Å²) in [6.45, 7) is 2.13. The number of unbranched alkanes of at least 4 members (excludes halogenated alkanes) is 1. The molecule has 3 aromatic carbocycles. The second-order valence-electron chi connectivity index (χ2n) is 6.41. The van der Waals surface area contributed by atoms with Gasteiger partial charge < -0.3 is 4.74 Å². The van der Waals surface area contributed by atoms with E-state index >= 15 is 0 Å². The van der Waals surface area contributed by atoms with E-state index in [4.69, 9.17) is 0 Å². The third-order valence-electron chi connectivity index (χ3n) is 4.27. The number of alkyl halides is 3. The second kappa shape index (κ2) is 8.35. The van der Waals surface area contributed by atoms with Gasteiger partial charge in [0.25, 0.3) is 0 Å². The Morgan fingerprint density at radius 1 is 0.929 bits per heavy atom. The molecule has 5 heteroatoms. The van der Waals surface area contributed by atoms with Gasteiger partial charge in [-0.1, -0.05) is 49.5 Å². The summed E-state index contributed by atoms with van der Waals surface area (Å²) in [6.07, 6.45) is -1.59. The maximum absolute atomic E-state index is 14.8. The number of ether oxygens (including phenoxy) is 1. The maximum atomic E-state index is 14.8. The van der Waals surface area contributed by atoms with Crippen molar-refractivity contribution in [3.63, 3.8) is 0 Å². The number of halogens is 4. The number of rotatable bonds is 4. The molecule has 0 unspecified atom stereocenters. The molecule has 0 saturated carbocycles. The van der Waals surface area contributed by atoms with Gasteiger partial charge in [0, 0.05) is 10.9 Å². The molecule has 3 rings (SSSR count). The molecule has 0 amide bonds. The van der Waals surface area contributed by atoms with Gasteiger partial charge >= 0.3 is 6.36 Å². The molecule has 0 bridgehead atoms. The summed E-state index contributed by atoms with van der Waals surface area (Å²) in [7, 11) is 0. The second-order valence-corrected chi connectivity index (χ2v) is 6.41. The van der Waals surface area contributed by atoms with Crippen molar-refractivity contribution in [1.82, 2.24) is 0 Å². The Labute approximate surface area is 160 Å². The first-order valence-electron chi connectivity index (χ1n) is 8.94. The molecule has 0 aliphatic carbocycles. The molecule has 0 radical (unpaired) electrons. The standard InChI is InChI=1S/C23H18F4O/c1-2-3-4-17-8-14-21-19(15-17)11-10-18(22(21)24)9-5-16-6-12-20(13-7-16)28-23(25,26)27/h6-8,10-15H,2-4H2,1H3. The zero-order chi connectivity index (χ0) is 20.1. The highest BCUT2D eigenvalue weighted by molar-refractivity contribution is 5.85. The fourth-order valence-corrected chi connectivity index (χ4v) is 2.85. The van der Waals surface area contributed by atoms with Crippen LogP contribution in [0.4, 0.5) is 17.6 Å². The molecule has 0 N–H and O–H groups in total. The number of aryl methyl sites for hydroxylation is 1. The van der Waals surface area contributed by atoms with Gasteiger partial charge in [-0.15, -0.1) is 13.2 Å². The van der Waals surface area contributed by atoms with Crippen LogP contribution in [-0.2, 0) is 6.42 Å². The summed E-state index contributed by atoms with van der Waals surface area (Å²) >= 11 is 0. The Bertz CT molecular complexity index is 1020. The van der Waals surface area contributed by atoms with Gasteiger partial charge in [-0.3, -0.25) is 0 Å². The Balaban J connectivity index is 1.82. The van der Waals surface area contributed by atoms with Gasteiger partial charge in [-0.2, -0.15) is 0 Å². The smallest absolute Gasteiger partial charge is 0.406 e. The van der Waals surface area contributed by atoms with E-state index in [0.29, 0.717) is 10.9 Å². The van der Waals surface area contributed by atoms with Crippen LogP contribution in [0.2, 0.25) is 0 Å². The van der Waals surface area contributed by atoms with Crippen LogP contribution in [0.1, 0.15) is 36.5 Å². The van der Waals surface area contributed by atoms with Crippen LogP contribution < -0.4 is 4.74 Å². The third kappa shape index (κ3) is 5.04. The first kappa shape index (κ1) is 19.8. The summed E-state index contributed by atoms with van der Waals surface area (Å²) in [6, 6.07) is 14.3. The molecule has 0 spiro atoms. The van der Waals surface area contributed by atoms with E-state index in [9.17, 15) is 17.6 Å². The molecule has 0 fully saturated rings. The molecule has 0 aliphatic heterocycles. The Morgan fingerprint density at radius 3 is 2.36 bits per heavy atom. The fraction of sp³-hybridized carbons (Fsp3) is 0.217. The van der Waals surface area contributed by atoms with Crippen LogP contribution in [0.15, 0.2) is 54.6 Å². The van der Waals surface area contributed by atoms with E-state index in [-0.39, 0.29) is 11.3 Å². The van der Waals surface area contributed by atoms with Crippen molar-refractivity contribution in [2.45, 2.75) is 32.5 Å². The quantitative estimate of drug-likeness (QED) is 0.362. The molecule has 0 aliphatic rings. The van der Waals surface area contributed by atoms with Crippen LogP contribution in [0.25, 0.3) is 10.8 Å². The highest BCUT2D eigenvalue weighted by atomic mass is 19.4. The lowest BCUT2D eigenvalue weighted by atomic mass is 10.0. The average molecular weight is 386 g/mol. The van der Waals surface area contributed by atoms with E-state index in [0.717, 1.165) is 24.6 Å². The molecule has 3 aromatic rings. The number of hydrogen-bond donors (Lipinski definition) is 0. The molecule has 1 nitrogen and oxygen atoms in total. The van der Waals surface area contributed by atoms with E-state index < -0.39 is 12.2 Å². The maximum Gasteiger partial charge on any atom is 0.573 e. The number of hydrogen-bond acceptors (Lipinski definition) is 1. The minimum absolute atomic E-state index is 0.240. The summed E-state index contributed by atoms with van der Waals surface area (Å²) < 4.78 is 55.1. The summed E-state index contributed by atoms with van der Waals surface area (Å²) in [4.78, 5) is 0. The van der Waals surface area contributed by atoms with Crippen molar-refractivity contribution in [2.75, 3.05) is 0 Å². The largest absolute Gasteiger partial charge is 0.573 e. The zero-order valence-corrected chi connectivity index (χ0v) is 15.2. The van der Waals surface area contributed by atoms with Crippen LogP contribution in [0, 0.1) is 17.7 Å². The molecule has 0 atom stereocenters.